The van der Waals surface area contributed by atoms with Crippen LogP contribution in [0.5, 0.6) is 0 Å². The van der Waals surface area contributed by atoms with Gasteiger partial charge in [-0.1, -0.05) is 19.9 Å². The average Bonchev–Trinajstić information content (AvgIpc) is 2.71. The Hall–Kier alpha value is -1.09. The molecule has 3 heteroatoms. The van der Waals surface area contributed by atoms with E-state index in [-0.39, 0.29) is 5.82 Å². The fourth-order valence-corrected chi connectivity index (χ4v) is 2.48. The Bertz CT molecular complexity index is 390. The van der Waals surface area contributed by atoms with Crippen LogP contribution in [0.1, 0.15) is 25.8 Å². The maximum atomic E-state index is 13.7. The van der Waals surface area contributed by atoms with Crippen molar-refractivity contribution in [2.45, 2.75) is 26.8 Å². The van der Waals surface area contributed by atoms with Crippen LogP contribution in [0.15, 0.2) is 18.2 Å². The maximum absolute atomic E-state index is 13.7. The van der Waals surface area contributed by atoms with Crippen LogP contribution in [-0.4, -0.2) is 18.0 Å². The predicted molar refractivity (Wildman–Crippen MR) is 69.0 cm³/mol. The third-order valence-electron chi connectivity index (χ3n) is 3.72. The summed E-state index contributed by atoms with van der Waals surface area (Å²) < 4.78 is 13.7. The van der Waals surface area contributed by atoms with Crippen LogP contribution in [0.2, 0.25) is 0 Å². The molecular formula is C14H21FN2. The minimum atomic E-state index is -0.182. The summed E-state index contributed by atoms with van der Waals surface area (Å²) in [6.45, 7) is 7.39. The molecule has 1 aliphatic heterocycles. The van der Waals surface area contributed by atoms with Crippen LogP contribution >= 0.6 is 0 Å². The second-order valence-electron chi connectivity index (χ2n) is 5.38. The standard InChI is InChI=1S/C14H21FN2/c1-10(2)11-5-6-17(8-11)9-12-3-4-13(16)7-14(12)15/h3-4,7,10-11H,5-6,8-9,16H2,1-2H3. The average molecular weight is 236 g/mol. The lowest BCUT2D eigenvalue weighted by Crippen LogP contribution is -2.22. The number of likely N-dealkylation sites (tertiary alicyclic amines) is 1. The van der Waals surface area contributed by atoms with Crippen LogP contribution in [0, 0.1) is 17.7 Å². The highest BCUT2D eigenvalue weighted by Gasteiger charge is 2.25. The summed E-state index contributed by atoms with van der Waals surface area (Å²) >= 11 is 0. The number of anilines is 1. The maximum Gasteiger partial charge on any atom is 0.129 e. The topological polar surface area (TPSA) is 29.3 Å². The SMILES string of the molecule is CC(C)C1CCN(Cc2ccc(N)cc2F)C1. The van der Waals surface area contributed by atoms with E-state index >= 15 is 0 Å². The number of nitrogens with zero attached hydrogens (tertiary/aromatic N) is 1. The number of hydrogen-bond acceptors (Lipinski definition) is 2. The van der Waals surface area contributed by atoms with Crippen molar-refractivity contribution in [2.24, 2.45) is 11.8 Å². The Kier molecular flexibility index (Phi) is 3.67. The van der Waals surface area contributed by atoms with E-state index in [1.165, 1.54) is 12.5 Å². The van der Waals surface area contributed by atoms with Crippen LogP contribution < -0.4 is 5.73 Å². The van der Waals surface area contributed by atoms with Crippen molar-refractivity contribution in [3.8, 4) is 0 Å². The summed E-state index contributed by atoms with van der Waals surface area (Å²) in [4.78, 5) is 2.33. The van der Waals surface area contributed by atoms with Crippen molar-refractivity contribution in [3.63, 3.8) is 0 Å². The zero-order chi connectivity index (χ0) is 12.4. The van der Waals surface area contributed by atoms with E-state index in [1.807, 2.05) is 0 Å². The molecule has 0 saturated carbocycles. The molecular weight excluding hydrogens is 215 g/mol. The fraction of sp³-hybridized carbons (Fsp3) is 0.571. The highest BCUT2D eigenvalue weighted by Crippen LogP contribution is 2.25. The normalized spacial score (nSPS) is 21.3. The molecule has 1 fully saturated rings. The van der Waals surface area contributed by atoms with E-state index < -0.39 is 0 Å². The Balaban J connectivity index is 1.98. The molecule has 0 amide bonds. The van der Waals surface area contributed by atoms with Gasteiger partial charge in [0, 0.05) is 24.3 Å². The first kappa shape index (κ1) is 12.4. The number of nitrogen functional groups attached to an aromatic ring is 1. The molecule has 2 N–H and O–H groups in total. The van der Waals surface area contributed by atoms with Crippen molar-refractivity contribution in [1.82, 2.24) is 4.90 Å². The molecule has 1 heterocycles. The van der Waals surface area contributed by atoms with E-state index in [0.29, 0.717) is 12.2 Å². The largest absolute Gasteiger partial charge is 0.399 e. The first-order chi connectivity index (χ1) is 8.06. The molecule has 0 aliphatic carbocycles. The summed E-state index contributed by atoms with van der Waals surface area (Å²) in [5, 5.41) is 0. The number of nitrogens with two attached hydrogens (primary N) is 1. The lowest BCUT2D eigenvalue weighted by atomic mass is 9.95. The molecule has 0 radical (unpaired) electrons. The van der Waals surface area contributed by atoms with Gasteiger partial charge in [0.05, 0.1) is 0 Å². The van der Waals surface area contributed by atoms with Crippen LogP contribution in [0.4, 0.5) is 10.1 Å². The second kappa shape index (κ2) is 5.05. The molecule has 2 rings (SSSR count). The molecule has 1 aliphatic rings. The molecule has 1 atom stereocenters. The summed E-state index contributed by atoms with van der Waals surface area (Å²) in [5.74, 6) is 1.29. The van der Waals surface area contributed by atoms with Gasteiger partial charge in [-0.25, -0.2) is 4.39 Å². The van der Waals surface area contributed by atoms with Crippen molar-refractivity contribution in [2.75, 3.05) is 18.8 Å². The Morgan fingerprint density at radius 3 is 2.82 bits per heavy atom. The van der Waals surface area contributed by atoms with E-state index in [4.69, 9.17) is 5.73 Å². The number of halogens is 1. The monoisotopic (exact) mass is 236 g/mol. The summed E-state index contributed by atoms with van der Waals surface area (Å²) in [6, 6.07) is 4.98. The predicted octanol–water partition coefficient (Wildman–Crippen LogP) is 2.89. The van der Waals surface area contributed by atoms with Crippen LogP contribution in [0.3, 0.4) is 0 Å². The van der Waals surface area contributed by atoms with Gasteiger partial charge in [0.2, 0.25) is 0 Å². The highest BCUT2D eigenvalue weighted by molar-refractivity contribution is 5.40. The van der Waals surface area contributed by atoms with Crippen molar-refractivity contribution >= 4 is 5.69 Å². The molecule has 17 heavy (non-hydrogen) atoms. The first-order valence-electron chi connectivity index (χ1n) is 6.32. The minimum Gasteiger partial charge on any atom is -0.399 e. The fourth-order valence-electron chi connectivity index (χ4n) is 2.48. The smallest absolute Gasteiger partial charge is 0.129 e. The summed E-state index contributed by atoms with van der Waals surface area (Å²) in [5.41, 5.74) is 6.79. The second-order valence-corrected chi connectivity index (χ2v) is 5.38. The summed E-state index contributed by atoms with van der Waals surface area (Å²) in [6.07, 6.45) is 1.23. The van der Waals surface area contributed by atoms with E-state index in [9.17, 15) is 4.39 Å². The molecule has 0 aromatic heterocycles. The molecule has 0 spiro atoms. The first-order valence-corrected chi connectivity index (χ1v) is 6.32. The van der Waals surface area contributed by atoms with Crippen molar-refractivity contribution < 1.29 is 4.39 Å². The van der Waals surface area contributed by atoms with Gasteiger partial charge in [-0.2, -0.15) is 0 Å². The molecule has 1 saturated heterocycles. The van der Waals surface area contributed by atoms with E-state index in [2.05, 4.69) is 18.7 Å². The zero-order valence-corrected chi connectivity index (χ0v) is 10.6. The van der Waals surface area contributed by atoms with Gasteiger partial charge in [-0.3, -0.25) is 4.90 Å². The quantitative estimate of drug-likeness (QED) is 0.818. The Morgan fingerprint density at radius 1 is 1.47 bits per heavy atom. The lowest BCUT2D eigenvalue weighted by Gasteiger charge is -2.18. The van der Waals surface area contributed by atoms with Crippen molar-refractivity contribution in [3.05, 3.63) is 29.6 Å². The number of rotatable bonds is 3. The van der Waals surface area contributed by atoms with Gasteiger partial charge in [-0.05, 0) is 36.9 Å². The minimum absolute atomic E-state index is 0.182. The van der Waals surface area contributed by atoms with Gasteiger partial charge in [0.15, 0.2) is 0 Å². The zero-order valence-electron chi connectivity index (χ0n) is 10.6. The Labute approximate surface area is 103 Å². The van der Waals surface area contributed by atoms with E-state index in [1.54, 1.807) is 12.1 Å². The number of hydrogen-bond donors (Lipinski definition) is 1. The van der Waals surface area contributed by atoms with Gasteiger partial charge < -0.3 is 5.73 Å². The molecule has 0 bridgehead atoms. The third kappa shape index (κ3) is 2.97. The molecule has 1 unspecified atom stereocenters. The third-order valence-corrected chi connectivity index (χ3v) is 3.72. The summed E-state index contributed by atoms with van der Waals surface area (Å²) in [7, 11) is 0. The van der Waals surface area contributed by atoms with Gasteiger partial charge >= 0.3 is 0 Å². The molecule has 1 aromatic carbocycles. The van der Waals surface area contributed by atoms with Crippen LogP contribution in [-0.2, 0) is 6.54 Å². The molecule has 1 aromatic rings. The number of benzene rings is 1. The van der Waals surface area contributed by atoms with Crippen LogP contribution in [0.25, 0.3) is 0 Å². The van der Waals surface area contributed by atoms with Gasteiger partial charge in [0.1, 0.15) is 5.82 Å². The lowest BCUT2D eigenvalue weighted by molar-refractivity contribution is 0.293. The van der Waals surface area contributed by atoms with Crippen molar-refractivity contribution in [1.29, 1.82) is 0 Å². The molecule has 2 nitrogen and oxygen atoms in total. The van der Waals surface area contributed by atoms with E-state index in [0.717, 1.165) is 30.5 Å². The highest BCUT2D eigenvalue weighted by atomic mass is 19.1. The van der Waals surface area contributed by atoms with Gasteiger partial charge in [0.25, 0.3) is 0 Å². The Morgan fingerprint density at radius 2 is 2.24 bits per heavy atom. The van der Waals surface area contributed by atoms with Gasteiger partial charge in [-0.15, -0.1) is 0 Å². The molecule has 94 valence electrons.